The van der Waals surface area contributed by atoms with E-state index in [4.69, 9.17) is 12.2 Å². The molecule has 8 heteroatoms. The number of aromatic amines is 3. The molecule has 0 aliphatic heterocycles. The molecule has 0 atom stereocenters. The maximum atomic E-state index is 11.1. The summed E-state index contributed by atoms with van der Waals surface area (Å²) < 4.78 is 0.458. The first-order valence-electron chi connectivity index (χ1n) is 6.05. The average molecular weight is 298 g/mol. The van der Waals surface area contributed by atoms with Gasteiger partial charge in [-0.25, -0.2) is 15.0 Å². The van der Waals surface area contributed by atoms with Crippen LogP contribution in [0, 0.1) is 4.77 Å². The molecule has 1 aromatic carbocycles. The van der Waals surface area contributed by atoms with E-state index in [0.717, 1.165) is 16.7 Å². The van der Waals surface area contributed by atoms with Crippen LogP contribution in [-0.4, -0.2) is 29.9 Å². The second kappa shape index (κ2) is 5.63. The summed E-state index contributed by atoms with van der Waals surface area (Å²) >= 11 is 4.78. The van der Waals surface area contributed by atoms with Crippen LogP contribution in [0.25, 0.3) is 22.1 Å². The lowest BCUT2D eigenvalue weighted by molar-refractivity contribution is 1.17. The predicted octanol–water partition coefficient (Wildman–Crippen LogP) is 1.94. The fourth-order valence-electron chi connectivity index (χ4n) is 1.78. The van der Waals surface area contributed by atoms with Gasteiger partial charge in [-0.05, 0) is 24.4 Å². The number of nitrogens with zero attached hydrogens (tertiary/aromatic N) is 3. The molecule has 4 rings (SSSR count). The lowest BCUT2D eigenvalue weighted by Crippen LogP contribution is -2.05. The fraction of sp³-hybridized carbons (Fsp3) is 0. The Hall–Kier alpha value is -2.87. The first-order valence-corrected chi connectivity index (χ1v) is 6.46. The molecule has 21 heavy (non-hydrogen) atoms. The Labute approximate surface area is 123 Å². The molecular formula is C13H10N6OS. The highest BCUT2D eigenvalue weighted by atomic mass is 32.1. The van der Waals surface area contributed by atoms with Crippen LogP contribution >= 0.6 is 12.2 Å². The SMILES string of the molecule is O=c1[nH]cnc2ccccc12.S=c1ncc2[nH]cnc2[nH]1. The summed E-state index contributed by atoms with van der Waals surface area (Å²) in [5, 5.41) is 0.634. The van der Waals surface area contributed by atoms with Crippen LogP contribution in [0.15, 0.2) is 47.9 Å². The lowest BCUT2D eigenvalue weighted by atomic mass is 10.2. The van der Waals surface area contributed by atoms with Gasteiger partial charge in [-0.15, -0.1) is 0 Å². The molecule has 0 saturated carbocycles. The summed E-state index contributed by atoms with van der Waals surface area (Å²) in [5.74, 6) is 0. The molecule has 3 heterocycles. The smallest absolute Gasteiger partial charge is 0.258 e. The summed E-state index contributed by atoms with van der Waals surface area (Å²) in [7, 11) is 0. The Kier molecular flexibility index (Phi) is 3.52. The number of aromatic nitrogens is 6. The normalized spacial score (nSPS) is 10.3. The lowest BCUT2D eigenvalue weighted by Gasteiger charge is -1.91. The van der Waals surface area contributed by atoms with Gasteiger partial charge >= 0.3 is 0 Å². The minimum atomic E-state index is -0.0874. The fourth-order valence-corrected chi connectivity index (χ4v) is 1.92. The van der Waals surface area contributed by atoms with Crippen molar-refractivity contribution in [1.82, 2.24) is 29.9 Å². The van der Waals surface area contributed by atoms with Crippen LogP contribution in [0.2, 0.25) is 0 Å². The Balaban J connectivity index is 0.000000126. The number of fused-ring (bicyclic) bond motifs is 2. The van der Waals surface area contributed by atoms with E-state index in [9.17, 15) is 4.79 Å². The molecule has 0 bridgehead atoms. The van der Waals surface area contributed by atoms with Crippen molar-refractivity contribution >= 4 is 34.3 Å². The van der Waals surface area contributed by atoms with Crippen molar-refractivity contribution in [1.29, 1.82) is 0 Å². The molecule has 3 aromatic heterocycles. The van der Waals surface area contributed by atoms with E-state index in [1.54, 1.807) is 18.6 Å². The van der Waals surface area contributed by atoms with Gasteiger partial charge in [0.25, 0.3) is 5.56 Å². The Bertz CT molecular complexity index is 997. The third kappa shape index (κ3) is 2.84. The van der Waals surface area contributed by atoms with E-state index in [0.29, 0.717) is 10.2 Å². The van der Waals surface area contributed by atoms with Crippen molar-refractivity contribution in [2.45, 2.75) is 0 Å². The number of hydrogen-bond donors (Lipinski definition) is 3. The van der Waals surface area contributed by atoms with Crippen LogP contribution < -0.4 is 5.56 Å². The van der Waals surface area contributed by atoms with Gasteiger partial charge in [-0.1, -0.05) is 12.1 Å². The minimum absolute atomic E-state index is 0.0874. The maximum absolute atomic E-state index is 11.1. The Morgan fingerprint density at radius 3 is 2.67 bits per heavy atom. The molecule has 0 radical (unpaired) electrons. The molecule has 4 aromatic rings. The Morgan fingerprint density at radius 2 is 1.81 bits per heavy atom. The van der Waals surface area contributed by atoms with Crippen molar-refractivity contribution in [2.24, 2.45) is 0 Å². The largest absolute Gasteiger partial charge is 0.342 e. The molecule has 3 N–H and O–H groups in total. The second-order valence-corrected chi connectivity index (χ2v) is 4.49. The molecular weight excluding hydrogens is 288 g/mol. The highest BCUT2D eigenvalue weighted by Gasteiger charge is 1.94. The molecule has 0 unspecified atom stereocenters. The number of imidazole rings is 1. The monoisotopic (exact) mass is 298 g/mol. The van der Waals surface area contributed by atoms with E-state index in [1.807, 2.05) is 18.2 Å². The number of rotatable bonds is 0. The van der Waals surface area contributed by atoms with Gasteiger partial charge in [0.2, 0.25) is 0 Å². The number of benzene rings is 1. The average Bonchev–Trinajstić information content (AvgIpc) is 2.96. The molecule has 0 aliphatic carbocycles. The van der Waals surface area contributed by atoms with Crippen molar-refractivity contribution in [3.05, 3.63) is 58.2 Å². The van der Waals surface area contributed by atoms with Crippen molar-refractivity contribution in [3.63, 3.8) is 0 Å². The maximum Gasteiger partial charge on any atom is 0.258 e. The topological polar surface area (TPSA) is 103 Å². The first-order chi connectivity index (χ1) is 10.2. The van der Waals surface area contributed by atoms with E-state index in [1.165, 1.54) is 6.33 Å². The third-order valence-electron chi connectivity index (χ3n) is 2.75. The molecule has 0 amide bonds. The van der Waals surface area contributed by atoms with Crippen LogP contribution in [0.4, 0.5) is 0 Å². The zero-order chi connectivity index (χ0) is 14.7. The van der Waals surface area contributed by atoms with E-state index >= 15 is 0 Å². The summed E-state index contributed by atoms with van der Waals surface area (Å²) in [6, 6.07) is 7.24. The zero-order valence-corrected chi connectivity index (χ0v) is 11.5. The van der Waals surface area contributed by atoms with Gasteiger partial charge in [0.05, 0.1) is 29.8 Å². The van der Waals surface area contributed by atoms with Crippen molar-refractivity contribution in [3.8, 4) is 0 Å². The third-order valence-corrected chi connectivity index (χ3v) is 2.96. The summed E-state index contributed by atoms with van der Waals surface area (Å²) in [5.41, 5.74) is 2.26. The molecule has 104 valence electrons. The van der Waals surface area contributed by atoms with Gasteiger partial charge in [0.1, 0.15) is 5.52 Å². The van der Waals surface area contributed by atoms with Gasteiger partial charge in [0, 0.05) is 0 Å². The summed E-state index contributed by atoms with van der Waals surface area (Å²) in [6.45, 7) is 0. The van der Waals surface area contributed by atoms with Crippen molar-refractivity contribution < 1.29 is 0 Å². The summed E-state index contributed by atoms with van der Waals surface area (Å²) in [6.07, 6.45) is 4.66. The van der Waals surface area contributed by atoms with Crippen LogP contribution in [0.1, 0.15) is 0 Å². The van der Waals surface area contributed by atoms with Crippen LogP contribution in [0.5, 0.6) is 0 Å². The first kappa shape index (κ1) is 13.1. The number of hydrogen-bond acceptors (Lipinski definition) is 5. The quantitative estimate of drug-likeness (QED) is 0.430. The van der Waals surface area contributed by atoms with Crippen LogP contribution in [0.3, 0.4) is 0 Å². The molecule has 0 aliphatic rings. The van der Waals surface area contributed by atoms with Crippen LogP contribution in [-0.2, 0) is 0 Å². The molecule has 0 fully saturated rings. The van der Waals surface area contributed by atoms with Gasteiger partial charge in [0.15, 0.2) is 10.4 Å². The minimum Gasteiger partial charge on any atom is -0.342 e. The highest BCUT2D eigenvalue weighted by molar-refractivity contribution is 7.71. The van der Waals surface area contributed by atoms with Gasteiger partial charge < -0.3 is 15.0 Å². The van der Waals surface area contributed by atoms with E-state index in [-0.39, 0.29) is 5.56 Å². The van der Waals surface area contributed by atoms with E-state index < -0.39 is 0 Å². The number of nitrogens with one attached hydrogen (secondary N) is 3. The predicted molar refractivity (Wildman–Crippen MR) is 81.4 cm³/mol. The molecule has 7 nitrogen and oxygen atoms in total. The Morgan fingerprint density at radius 1 is 1.00 bits per heavy atom. The second-order valence-electron chi connectivity index (χ2n) is 4.10. The van der Waals surface area contributed by atoms with Crippen molar-refractivity contribution in [2.75, 3.05) is 0 Å². The van der Waals surface area contributed by atoms with Gasteiger partial charge in [-0.3, -0.25) is 4.79 Å². The highest BCUT2D eigenvalue weighted by Crippen LogP contribution is 2.02. The molecule has 0 spiro atoms. The van der Waals surface area contributed by atoms with E-state index in [2.05, 4.69) is 29.9 Å². The summed E-state index contributed by atoms with van der Waals surface area (Å²) in [4.78, 5) is 31.1. The standard InChI is InChI=1S/C8H6N2O.C5H4N4S/c11-8-6-3-1-2-4-7(6)9-5-10-8;10-5-6-1-3-4(9-5)8-2-7-3/h1-5H,(H,9,10,11);1-2H,(H2,6,7,8,9,10). The number of H-pyrrole nitrogens is 3. The molecule has 0 saturated heterocycles. The zero-order valence-electron chi connectivity index (χ0n) is 10.7. The number of para-hydroxylation sites is 1. The van der Waals surface area contributed by atoms with Gasteiger partial charge in [-0.2, -0.15) is 0 Å².